The van der Waals surface area contributed by atoms with Crippen molar-refractivity contribution in [2.75, 3.05) is 45.9 Å². The van der Waals surface area contributed by atoms with Crippen LogP contribution in [0.2, 0.25) is 0 Å². The molecular formula is C16H31N3O8W. The zero-order valence-electron chi connectivity index (χ0n) is 16.8. The molecule has 0 aliphatic carbocycles. The Morgan fingerprint density at radius 3 is 1.61 bits per heavy atom. The quantitative estimate of drug-likeness (QED) is 0.187. The molecule has 0 aromatic rings. The summed E-state index contributed by atoms with van der Waals surface area (Å²) in [6.45, 7) is 5.83. The van der Waals surface area contributed by atoms with Gasteiger partial charge in [-0.05, 0) is 13.8 Å². The summed E-state index contributed by atoms with van der Waals surface area (Å²) in [7, 11) is 0. The van der Waals surface area contributed by atoms with Gasteiger partial charge >= 0.3 is 23.9 Å². The van der Waals surface area contributed by atoms with Gasteiger partial charge in [0.25, 0.3) is 0 Å². The van der Waals surface area contributed by atoms with Crippen LogP contribution >= 0.6 is 0 Å². The van der Waals surface area contributed by atoms with Crippen LogP contribution in [0.4, 0.5) is 0 Å². The van der Waals surface area contributed by atoms with Gasteiger partial charge in [0.15, 0.2) is 0 Å². The van der Waals surface area contributed by atoms with E-state index >= 15 is 0 Å². The van der Waals surface area contributed by atoms with Crippen molar-refractivity contribution >= 4 is 23.9 Å². The first kappa shape index (κ1) is 31.2. The summed E-state index contributed by atoms with van der Waals surface area (Å²) in [4.78, 5) is 46.4. The molecule has 0 bridgehead atoms. The third-order valence-electron chi connectivity index (χ3n) is 2.91. The number of carbonyl (C=O) groups is 4. The number of nitrogens with two attached hydrogens (primary N) is 2. The van der Waals surface area contributed by atoms with E-state index in [-0.39, 0.29) is 67.0 Å². The Kier molecular flexibility index (Phi) is 19.5. The number of nitrogens with zero attached hydrogens (tertiary/aromatic N) is 1. The number of hydrogen-bond donors (Lipinski definition) is 3. The van der Waals surface area contributed by atoms with E-state index in [9.17, 15) is 19.2 Å². The zero-order chi connectivity index (χ0) is 21.5. The molecule has 0 rings (SSSR count). The molecule has 0 heterocycles. The number of carbonyl (C=O) groups excluding carboxylic acids is 3. The topological polar surface area (TPSA) is 171 Å². The molecule has 0 radical (unpaired) electrons. The molecule has 11 nitrogen and oxygen atoms in total. The molecule has 0 aromatic carbocycles. The molecule has 0 saturated carbocycles. The molecule has 12 heteroatoms. The van der Waals surface area contributed by atoms with Gasteiger partial charge in [-0.1, -0.05) is 13.8 Å². The molecule has 0 saturated heterocycles. The summed E-state index contributed by atoms with van der Waals surface area (Å²) in [6.07, 6.45) is 0. The van der Waals surface area contributed by atoms with E-state index in [2.05, 4.69) is 0 Å². The Balaban J connectivity index is -0.00000201. The van der Waals surface area contributed by atoms with Gasteiger partial charge < -0.3 is 30.8 Å². The minimum Gasteiger partial charge on any atom is -0.478 e. The number of esters is 3. The van der Waals surface area contributed by atoms with E-state index in [0.29, 0.717) is 0 Å². The molecule has 5 N–H and O–H groups in total. The average molecular weight is 577 g/mol. The minimum atomic E-state index is -1.68. The van der Waals surface area contributed by atoms with Crippen LogP contribution in [-0.4, -0.2) is 85.4 Å². The standard InChI is InChI=1S/C14H25N3O8.C2H6.W/c1-14(2,13(21)22)25-12(20)9-17(3-5-23-10(18)7-15)4-6-24-11(19)8-16;1-2;/h3-9,15-16H2,1-2H3,(H,21,22);1-2H3;. The van der Waals surface area contributed by atoms with Crippen molar-refractivity contribution < 1.29 is 59.6 Å². The van der Waals surface area contributed by atoms with Crippen LogP contribution in [0.3, 0.4) is 0 Å². The van der Waals surface area contributed by atoms with Gasteiger partial charge in [0.2, 0.25) is 5.60 Å². The summed E-state index contributed by atoms with van der Waals surface area (Å²) >= 11 is 0. The van der Waals surface area contributed by atoms with Crippen LogP contribution in [0.15, 0.2) is 0 Å². The first-order valence-electron chi connectivity index (χ1n) is 8.51. The largest absolute Gasteiger partial charge is 0.478 e. The Hall–Kier alpha value is -1.55. The fraction of sp³-hybridized carbons (Fsp3) is 0.750. The van der Waals surface area contributed by atoms with Crippen molar-refractivity contribution in [2.45, 2.75) is 33.3 Å². The van der Waals surface area contributed by atoms with Crippen LogP contribution in [0.5, 0.6) is 0 Å². The van der Waals surface area contributed by atoms with Gasteiger partial charge in [0, 0.05) is 34.2 Å². The van der Waals surface area contributed by atoms with E-state index in [0.717, 1.165) is 0 Å². The fourth-order valence-corrected chi connectivity index (χ4v) is 1.51. The maximum absolute atomic E-state index is 11.9. The number of hydrogen-bond acceptors (Lipinski definition) is 10. The van der Waals surface area contributed by atoms with Crippen LogP contribution in [-0.2, 0) is 54.5 Å². The third kappa shape index (κ3) is 15.5. The molecule has 164 valence electrons. The number of aliphatic carboxylic acids is 1. The van der Waals surface area contributed by atoms with Crippen molar-refractivity contribution in [3.8, 4) is 0 Å². The normalized spacial score (nSPS) is 10.1. The van der Waals surface area contributed by atoms with Crippen LogP contribution in [0.1, 0.15) is 27.7 Å². The molecule has 0 spiro atoms. The SMILES string of the molecule is CC.CC(C)(OC(=O)CN(CCOC(=O)CN)CCOC(=O)CN)C(=O)O.[W]. The monoisotopic (exact) mass is 577 g/mol. The van der Waals surface area contributed by atoms with Gasteiger partial charge in [-0.15, -0.1) is 0 Å². The molecule has 0 unspecified atom stereocenters. The van der Waals surface area contributed by atoms with Crippen molar-refractivity contribution in [3.63, 3.8) is 0 Å². The second-order valence-corrected chi connectivity index (χ2v) is 5.41. The zero-order valence-corrected chi connectivity index (χ0v) is 19.7. The number of ether oxygens (including phenoxy) is 3. The van der Waals surface area contributed by atoms with Crippen LogP contribution in [0, 0.1) is 0 Å². The molecule has 0 aliphatic rings. The van der Waals surface area contributed by atoms with E-state index in [1.807, 2.05) is 13.8 Å². The Labute approximate surface area is 179 Å². The molecule has 0 amide bonds. The van der Waals surface area contributed by atoms with Crippen molar-refractivity contribution in [1.82, 2.24) is 4.90 Å². The third-order valence-corrected chi connectivity index (χ3v) is 2.91. The Morgan fingerprint density at radius 2 is 1.29 bits per heavy atom. The van der Waals surface area contributed by atoms with E-state index in [4.69, 9.17) is 30.8 Å². The second kappa shape index (κ2) is 17.5. The van der Waals surface area contributed by atoms with E-state index in [1.165, 1.54) is 18.7 Å². The van der Waals surface area contributed by atoms with Gasteiger partial charge in [-0.25, -0.2) is 4.79 Å². The molecule has 0 fully saturated rings. The number of rotatable bonds is 12. The van der Waals surface area contributed by atoms with Crippen LogP contribution < -0.4 is 11.5 Å². The average Bonchev–Trinajstić information content (AvgIpc) is 2.62. The maximum Gasteiger partial charge on any atom is 0.347 e. The van der Waals surface area contributed by atoms with Crippen LogP contribution in [0.25, 0.3) is 0 Å². The van der Waals surface area contributed by atoms with Crippen molar-refractivity contribution in [1.29, 1.82) is 0 Å². The molecule has 0 aromatic heterocycles. The first-order valence-corrected chi connectivity index (χ1v) is 8.51. The summed E-state index contributed by atoms with van der Waals surface area (Å²) in [5.41, 5.74) is 8.54. The van der Waals surface area contributed by atoms with Gasteiger partial charge in [-0.3, -0.25) is 19.3 Å². The van der Waals surface area contributed by atoms with Crippen molar-refractivity contribution in [2.24, 2.45) is 11.5 Å². The van der Waals surface area contributed by atoms with E-state index in [1.54, 1.807) is 0 Å². The molecule has 0 atom stereocenters. The first-order chi connectivity index (χ1) is 12.6. The number of carboxylic acids is 1. The summed E-state index contributed by atoms with van der Waals surface area (Å²) in [5, 5.41) is 8.95. The van der Waals surface area contributed by atoms with Crippen molar-refractivity contribution in [3.05, 3.63) is 0 Å². The number of carboxylic acid groups (broad SMARTS) is 1. The van der Waals surface area contributed by atoms with Gasteiger partial charge in [0.05, 0.1) is 19.6 Å². The maximum atomic E-state index is 11.9. The summed E-state index contributed by atoms with van der Waals surface area (Å²) < 4.78 is 14.5. The predicted octanol–water partition coefficient (Wildman–Crippen LogP) is -1.28. The summed E-state index contributed by atoms with van der Waals surface area (Å²) in [6, 6.07) is 0. The summed E-state index contributed by atoms with van der Waals surface area (Å²) in [5.74, 6) is -3.29. The molecule has 28 heavy (non-hydrogen) atoms. The minimum absolute atomic E-state index is 0. The van der Waals surface area contributed by atoms with Gasteiger partial charge in [0.1, 0.15) is 13.2 Å². The molecule has 0 aliphatic heterocycles. The fourth-order valence-electron chi connectivity index (χ4n) is 1.51. The Bertz CT molecular complexity index is 467. The predicted molar refractivity (Wildman–Crippen MR) is 95.6 cm³/mol. The van der Waals surface area contributed by atoms with Gasteiger partial charge in [-0.2, -0.15) is 0 Å². The molecular weight excluding hydrogens is 546 g/mol. The Morgan fingerprint density at radius 1 is 0.893 bits per heavy atom. The smallest absolute Gasteiger partial charge is 0.347 e. The second-order valence-electron chi connectivity index (χ2n) is 5.41. The van der Waals surface area contributed by atoms with E-state index < -0.39 is 29.5 Å².